The van der Waals surface area contributed by atoms with Gasteiger partial charge < -0.3 is 10.3 Å². The molecule has 0 bridgehead atoms. The van der Waals surface area contributed by atoms with Crippen LogP contribution in [0.15, 0.2) is 78.9 Å². The largest absolute Gasteiger partial charge is 0.355 e. The predicted molar refractivity (Wildman–Crippen MR) is 120 cm³/mol. The van der Waals surface area contributed by atoms with E-state index in [2.05, 4.69) is 15.3 Å². The molecule has 3 aromatic carbocycles. The van der Waals surface area contributed by atoms with Gasteiger partial charge >= 0.3 is 0 Å². The van der Waals surface area contributed by atoms with E-state index in [1.165, 1.54) is 12.1 Å². The number of imidazole rings is 1. The fourth-order valence-electron chi connectivity index (χ4n) is 3.80. The number of fused-ring (bicyclic) bond motifs is 1. The van der Waals surface area contributed by atoms with Crippen LogP contribution < -0.4 is 5.32 Å². The highest BCUT2D eigenvalue weighted by molar-refractivity contribution is 5.78. The highest BCUT2D eigenvalue weighted by atomic mass is 19.1. The smallest absolute Gasteiger partial charge is 0.234 e. The summed E-state index contributed by atoms with van der Waals surface area (Å²) in [4.78, 5) is 22.4. The molecule has 0 fully saturated rings. The zero-order valence-corrected chi connectivity index (χ0v) is 17.4. The maximum absolute atomic E-state index is 13.4. The SMILES string of the molecule is CN(CC(=O)NCCc1nc2ccccc2[nH]1)C(c1ccccc1)c1ccc(F)cc1. The van der Waals surface area contributed by atoms with Crippen LogP contribution in [-0.4, -0.2) is 40.9 Å². The third kappa shape index (κ3) is 5.16. The van der Waals surface area contributed by atoms with Crippen LogP contribution >= 0.6 is 0 Å². The number of nitrogens with one attached hydrogen (secondary N) is 2. The van der Waals surface area contributed by atoms with E-state index in [1.54, 1.807) is 12.1 Å². The van der Waals surface area contributed by atoms with Crippen LogP contribution in [-0.2, 0) is 11.2 Å². The first-order valence-electron chi connectivity index (χ1n) is 10.3. The molecule has 2 N–H and O–H groups in total. The van der Waals surface area contributed by atoms with Crippen LogP contribution in [0.1, 0.15) is 23.0 Å². The Morgan fingerprint density at radius 2 is 1.68 bits per heavy atom. The van der Waals surface area contributed by atoms with Crippen LogP contribution in [0.4, 0.5) is 4.39 Å². The molecule has 4 aromatic rings. The number of halogens is 1. The molecule has 0 radical (unpaired) electrons. The van der Waals surface area contributed by atoms with Crippen molar-refractivity contribution in [2.45, 2.75) is 12.5 Å². The second-order valence-electron chi connectivity index (χ2n) is 7.58. The Balaban J connectivity index is 1.38. The first-order valence-corrected chi connectivity index (χ1v) is 10.3. The summed E-state index contributed by atoms with van der Waals surface area (Å²) in [6, 6.07) is 24.1. The third-order valence-electron chi connectivity index (χ3n) is 5.26. The van der Waals surface area contributed by atoms with Crippen LogP contribution in [0.3, 0.4) is 0 Å². The molecule has 0 aliphatic carbocycles. The number of H-pyrrole nitrogens is 1. The zero-order chi connectivity index (χ0) is 21.6. The first kappa shape index (κ1) is 20.8. The topological polar surface area (TPSA) is 61.0 Å². The van der Waals surface area contributed by atoms with Gasteiger partial charge in [-0.05, 0) is 42.4 Å². The summed E-state index contributed by atoms with van der Waals surface area (Å²) in [6.45, 7) is 0.718. The molecule has 1 aromatic heterocycles. The minimum atomic E-state index is -0.276. The van der Waals surface area contributed by atoms with E-state index < -0.39 is 0 Å². The second-order valence-corrected chi connectivity index (χ2v) is 7.58. The molecule has 1 amide bonds. The van der Waals surface area contributed by atoms with Gasteiger partial charge in [-0.15, -0.1) is 0 Å². The number of nitrogens with zero attached hydrogens (tertiary/aromatic N) is 2. The minimum absolute atomic E-state index is 0.0679. The molecular weight excluding hydrogens is 391 g/mol. The molecule has 0 spiro atoms. The summed E-state index contributed by atoms with van der Waals surface area (Å²) in [5.74, 6) is 0.506. The number of rotatable bonds is 8. The van der Waals surface area contributed by atoms with Gasteiger partial charge in [0.1, 0.15) is 11.6 Å². The lowest BCUT2D eigenvalue weighted by Gasteiger charge is -2.28. The van der Waals surface area contributed by atoms with Gasteiger partial charge in [0.25, 0.3) is 0 Å². The molecule has 0 aliphatic heterocycles. The van der Waals surface area contributed by atoms with Gasteiger partial charge in [-0.3, -0.25) is 9.69 Å². The molecule has 0 saturated carbocycles. The van der Waals surface area contributed by atoms with Gasteiger partial charge in [0.05, 0.1) is 23.6 Å². The predicted octanol–water partition coefficient (Wildman–Crippen LogP) is 4.08. The van der Waals surface area contributed by atoms with Crippen LogP contribution in [0.5, 0.6) is 0 Å². The highest BCUT2D eigenvalue weighted by Gasteiger charge is 2.21. The number of para-hydroxylation sites is 2. The molecule has 0 saturated heterocycles. The molecule has 6 heteroatoms. The molecule has 1 unspecified atom stereocenters. The van der Waals surface area contributed by atoms with E-state index in [1.807, 2.05) is 66.5 Å². The van der Waals surface area contributed by atoms with Crippen molar-refractivity contribution in [1.82, 2.24) is 20.2 Å². The van der Waals surface area contributed by atoms with E-state index in [0.717, 1.165) is 28.0 Å². The lowest BCUT2D eigenvalue weighted by atomic mass is 9.97. The van der Waals surface area contributed by atoms with Gasteiger partial charge in [0.2, 0.25) is 5.91 Å². The lowest BCUT2D eigenvalue weighted by Crippen LogP contribution is -2.38. The average Bonchev–Trinajstić information content (AvgIpc) is 3.19. The van der Waals surface area contributed by atoms with Crippen molar-refractivity contribution < 1.29 is 9.18 Å². The average molecular weight is 417 g/mol. The van der Waals surface area contributed by atoms with E-state index in [-0.39, 0.29) is 24.3 Å². The quantitative estimate of drug-likeness (QED) is 0.455. The molecule has 4 rings (SSSR count). The van der Waals surface area contributed by atoms with Crippen molar-refractivity contribution in [3.8, 4) is 0 Å². The molecule has 1 heterocycles. The van der Waals surface area contributed by atoms with Crippen LogP contribution in [0, 0.1) is 5.82 Å². The maximum Gasteiger partial charge on any atom is 0.234 e. The number of hydrogen-bond donors (Lipinski definition) is 2. The fraction of sp³-hybridized carbons (Fsp3) is 0.200. The Labute approximate surface area is 180 Å². The Morgan fingerprint density at radius 3 is 2.42 bits per heavy atom. The van der Waals surface area contributed by atoms with Crippen molar-refractivity contribution in [3.63, 3.8) is 0 Å². The summed E-state index contributed by atoms with van der Waals surface area (Å²) in [6.07, 6.45) is 0.629. The second kappa shape index (κ2) is 9.53. The Kier molecular flexibility index (Phi) is 6.38. The van der Waals surface area contributed by atoms with Crippen LogP contribution in [0.25, 0.3) is 11.0 Å². The standard InChI is InChI=1S/C25H25FN4O/c1-30(25(18-7-3-2-4-8-18)19-11-13-20(26)14-12-19)17-24(31)27-16-15-23-28-21-9-5-6-10-22(21)29-23/h2-14,25H,15-17H2,1H3,(H,27,31)(H,28,29). The first-order chi connectivity index (χ1) is 15.1. The summed E-state index contributed by atoms with van der Waals surface area (Å²) >= 11 is 0. The molecule has 5 nitrogen and oxygen atoms in total. The molecular formula is C25H25FN4O. The number of aromatic nitrogens is 2. The van der Waals surface area contributed by atoms with Crippen LogP contribution in [0.2, 0.25) is 0 Å². The Bertz CT molecular complexity index is 1110. The van der Waals surface area contributed by atoms with E-state index >= 15 is 0 Å². The molecule has 0 aliphatic rings. The zero-order valence-electron chi connectivity index (χ0n) is 17.4. The van der Waals surface area contributed by atoms with Crippen molar-refractivity contribution >= 4 is 16.9 Å². The van der Waals surface area contributed by atoms with Crippen molar-refractivity contribution in [2.75, 3.05) is 20.1 Å². The maximum atomic E-state index is 13.4. The summed E-state index contributed by atoms with van der Waals surface area (Å²) in [5.41, 5.74) is 3.90. The number of aromatic amines is 1. The number of amides is 1. The Morgan fingerprint density at radius 1 is 1.00 bits per heavy atom. The highest BCUT2D eigenvalue weighted by Crippen LogP contribution is 2.27. The number of carbonyl (C=O) groups is 1. The summed E-state index contributed by atoms with van der Waals surface area (Å²) in [7, 11) is 1.90. The van der Waals surface area contributed by atoms with Crippen molar-refractivity contribution in [1.29, 1.82) is 0 Å². The monoisotopic (exact) mass is 416 g/mol. The van der Waals surface area contributed by atoms with Gasteiger partial charge in [-0.1, -0.05) is 54.6 Å². The minimum Gasteiger partial charge on any atom is -0.355 e. The van der Waals surface area contributed by atoms with E-state index in [0.29, 0.717) is 13.0 Å². The van der Waals surface area contributed by atoms with Crippen molar-refractivity contribution in [3.05, 3.63) is 102 Å². The fourth-order valence-corrected chi connectivity index (χ4v) is 3.80. The number of hydrogen-bond acceptors (Lipinski definition) is 3. The number of carbonyl (C=O) groups excluding carboxylic acids is 1. The molecule has 158 valence electrons. The number of benzene rings is 3. The van der Waals surface area contributed by atoms with E-state index in [4.69, 9.17) is 0 Å². The van der Waals surface area contributed by atoms with Crippen molar-refractivity contribution in [2.24, 2.45) is 0 Å². The third-order valence-corrected chi connectivity index (χ3v) is 5.26. The van der Waals surface area contributed by atoms with Gasteiger partial charge in [-0.25, -0.2) is 9.37 Å². The number of likely N-dealkylation sites (N-methyl/N-ethyl adjacent to an activating group) is 1. The summed E-state index contributed by atoms with van der Waals surface area (Å²) in [5, 5.41) is 2.97. The Hall–Kier alpha value is -3.51. The van der Waals surface area contributed by atoms with E-state index in [9.17, 15) is 9.18 Å². The molecule has 31 heavy (non-hydrogen) atoms. The lowest BCUT2D eigenvalue weighted by molar-refractivity contribution is -0.122. The van der Waals surface area contributed by atoms with Gasteiger partial charge in [-0.2, -0.15) is 0 Å². The summed E-state index contributed by atoms with van der Waals surface area (Å²) < 4.78 is 13.4. The molecule has 1 atom stereocenters. The van der Waals surface area contributed by atoms with Gasteiger partial charge in [0, 0.05) is 13.0 Å². The normalized spacial score (nSPS) is 12.2. The van der Waals surface area contributed by atoms with Gasteiger partial charge in [0.15, 0.2) is 0 Å².